The molecule has 0 unspecified atom stereocenters. The largest absolute Gasteiger partial charge is 0.489 e. The summed E-state index contributed by atoms with van der Waals surface area (Å²) in [5.41, 5.74) is 3.34. The maximum Gasteiger partial charge on any atom is 0.335 e. The summed E-state index contributed by atoms with van der Waals surface area (Å²) in [4.78, 5) is 23.3. The summed E-state index contributed by atoms with van der Waals surface area (Å²) >= 11 is 0. The Morgan fingerprint density at radius 1 is 1.06 bits per heavy atom. The molecule has 3 aromatic rings. The lowest BCUT2D eigenvalue weighted by molar-refractivity contribution is -0.112. The van der Waals surface area contributed by atoms with Crippen LogP contribution in [0.25, 0.3) is 6.08 Å². The molecule has 3 aromatic carbocycles. The van der Waals surface area contributed by atoms with E-state index in [1.807, 2.05) is 25.1 Å². The normalized spacial score (nSPS) is 10.8. The highest BCUT2D eigenvalue weighted by Crippen LogP contribution is 2.18. The number of benzene rings is 3. The molecule has 0 aliphatic rings. The summed E-state index contributed by atoms with van der Waals surface area (Å²) in [5, 5.41) is 21.1. The van der Waals surface area contributed by atoms with Crippen molar-refractivity contribution < 1.29 is 19.4 Å². The van der Waals surface area contributed by atoms with Crippen molar-refractivity contribution in [2.45, 2.75) is 13.5 Å². The van der Waals surface area contributed by atoms with Gasteiger partial charge in [-0.2, -0.15) is 5.26 Å². The highest BCUT2D eigenvalue weighted by atomic mass is 16.5. The van der Waals surface area contributed by atoms with Crippen molar-refractivity contribution in [1.82, 2.24) is 0 Å². The Kier molecular flexibility index (Phi) is 6.82. The Morgan fingerprint density at radius 3 is 2.42 bits per heavy atom. The highest BCUT2D eigenvalue weighted by Gasteiger charge is 2.10. The number of carboxylic acids is 1. The molecule has 0 heterocycles. The number of nitrogens with one attached hydrogen (secondary N) is 1. The van der Waals surface area contributed by atoms with E-state index in [0.29, 0.717) is 17.0 Å². The number of carboxylic acid groups (broad SMARTS) is 1. The molecule has 0 saturated carbocycles. The van der Waals surface area contributed by atoms with Crippen LogP contribution in [-0.4, -0.2) is 17.0 Å². The molecule has 2 N–H and O–H groups in total. The third kappa shape index (κ3) is 6.05. The fourth-order valence-electron chi connectivity index (χ4n) is 2.75. The molecule has 0 bridgehead atoms. The Labute approximate surface area is 180 Å². The highest BCUT2D eigenvalue weighted by molar-refractivity contribution is 6.09. The number of aryl methyl sites for hydroxylation is 1. The van der Waals surface area contributed by atoms with Crippen LogP contribution in [0.15, 0.2) is 78.4 Å². The minimum Gasteiger partial charge on any atom is -0.489 e. The molecule has 0 atom stereocenters. The molecular weight excluding hydrogens is 392 g/mol. The van der Waals surface area contributed by atoms with Gasteiger partial charge in [-0.1, -0.05) is 42.0 Å². The molecule has 0 aromatic heterocycles. The zero-order chi connectivity index (χ0) is 22.2. The lowest BCUT2D eigenvalue weighted by Gasteiger charge is -2.08. The van der Waals surface area contributed by atoms with Crippen LogP contribution in [0.4, 0.5) is 5.69 Å². The van der Waals surface area contributed by atoms with Crippen molar-refractivity contribution in [3.8, 4) is 11.8 Å². The van der Waals surface area contributed by atoms with Crippen LogP contribution in [0.5, 0.6) is 5.75 Å². The van der Waals surface area contributed by atoms with Gasteiger partial charge >= 0.3 is 5.97 Å². The van der Waals surface area contributed by atoms with Gasteiger partial charge < -0.3 is 15.2 Å². The van der Waals surface area contributed by atoms with E-state index >= 15 is 0 Å². The second kappa shape index (κ2) is 9.90. The van der Waals surface area contributed by atoms with Gasteiger partial charge in [0.05, 0.1) is 5.56 Å². The number of aromatic carboxylic acids is 1. The molecular formula is C25H20N2O4. The molecule has 1 amide bonds. The van der Waals surface area contributed by atoms with Crippen LogP contribution in [0.3, 0.4) is 0 Å². The summed E-state index contributed by atoms with van der Waals surface area (Å²) in [6.45, 7) is 2.21. The number of nitrogens with zero attached hydrogens (tertiary/aromatic N) is 1. The van der Waals surface area contributed by atoms with Crippen molar-refractivity contribution in [3.05, 3.63) is 101 Å². The quantitative estimate of drug-likeness (QED) is 0.428. The van der Waals surface area contributed by atoms with Gasteiger partial charge in [0.25, 0.3) is 5.91 Å². The van der Waals surface area contributed by atoms with Crippen LogP contribution >= 0.6 is 0 Å². The third-order valence-corrected chi connectivity index (χ3v) is 4.45. The van der Waals surface area contributed by atoms with Crippen molar-refractivity contribution in [1.29, 1.82) is 5.26 Å². The zero-order valence-corrected chi connectivity index (χ0v) is 16.8. The molecule has 0 radical (unpaired) electrons. The average Bonchev–Trinajstić information content (AvgIpc) is 2.78. The summed E-state index contributed by atoms with van der Waals surface area (Å²) in [5.74, 6) is -0.907. The first kappa shape index (κ1) is 21.3. The molecule has 3 rings (SSSR count). The van der Waals surface area contributed by atoms with Gasteiger partial charge in [-0.05, 0) is 60.5 Å². The maximum absolute atomic E-state index is 12.4. The van der Waals surface area contributed by atoms with E-state index in [9.17, 15) is 14.9 Å². The fraction of sp³-hybridized carbons (Fsp3) is 0.0800. The van der Waals surface area contributed by atoms with Crippen molar-refractivity contribution in [2.75, 3.05) is 5.32 Å². The van der Waals surface area contributed by atoms with E-state index in [1.165, 1.54) is 18.2 Å². The first-order valence-electron chi connectivity index (χ1n) is 9.49. The Bertz CT molecular complexity index is 1160. The van der Waals surface area contributed by atoms with Gasteiger partial charge in [-0.15, -0.1) is 0 Å². The minimum absolute atomic E-state index is 0.0259. The number of hydrogen-bond acceptors (Lipinski definition) is 4. The van der Waals surface area contributed by atoms with Crippen molar-refractivity contribution in [2.24, 2.45) is 0 Å². The molecule has 154 valence electrons. The van der Waals surface area contributed by atoms with Crippen LogP contribution in [0, 0.1) is 18.3 Å². The molecule has 6 heteroatoms. The summed E-state index contributed by atoms with van der Waals surface area (Å²) < 4.78 is 5.76. The summed E-state index contributed by atoms with van der Waals surface area (Å²) in [7, 11) is 0. The van der Waals surface area contributed by atoms with E-state index in [0.717, 1.165) is 11.1 Å². The number of hydrogen-bond donors (Lipinski definition) is 2. The summed E-state index contributed by atoms with van der Waals surface area (Å²) in [6, 6.07) is 22.7. The number of carbonyl (C=O) groups is 2. The summed E-state index contributed by atoms with van der Waals surface area (Å²) in [6.07, 6.45) is 1.50. The van der Waals surface area contributed by atoms with Gasteiger partial charge in [0, 0.05) is 5.69 Å². The van der Waals surface area contributed by atoms with E-state index in [-0.39, 0.29) is 17.7 Å². The lowest BCUT2D eigenvalue weighted by atomic mass is 10.1. The lowest BCUT2D eigenvalue weighted by Crippen LogP contribution is -2.13. The molecule has 0 saturated heterocycles. The molecule has 0 fully saturated rings. The van der Waals surface area contributed by atoms with E-state index in [1.54, 1.807) is 48.5 Å². The molecule has 0 spiro atoms. The van der Waals surface area contributed by atoms with Crippen molar-refractivity contribution in [3.63, 3.8) is 0 Å². The van der Waals surface area contributed by atoms with E-state index in [4.69, 9.17) is 9.84 Å². The van der Waals surface area contributed by atoms with Crippen LogP contribution < -0.4 is 10.1 Å². The Morgan fingerprint density at radius 2 is 1.77 bits per heavy atom. The monoisotopic (exact) mass is 412 g/mol. The van der Waals surface area contributed by atoms with Gasteiger partial charge in [-0.3, -0.25) is 4.79 Å². The number of amides is 1. The fourth-order valence-corrected chi connectivity index (χ4v) is 2.75. The number of nitriles is 1. The number of rotatable bonds is 7. The Balaban J connectivity index is 1.68. The van der Waals surface area contributed by atoms with Crippen molar-refractivity contribution >= 4 is 23.6 Å². The third-order valence-electron chi connectivity index (χ3n) is 4.45. The molecule has 0 aliphatic carbocycles. The molecule has 0 aliphatic heterocycles. The maximum atomic E-state index is 12.4. The van der Waals surface area contributed by atoms with Gasteiger partial charge in [0.15, 0.2) is 0 Å². The average molecular weight is 412 g/mol. The molecule has 6 nitrogen and oxygen atoms in total. The van der Waals surface area contributed by atoms with Crippen LogP contribution in [-0.2, 0) is 11.4 Å². The standard InChI is InChI=1S/C25H20N2O4/c1-17-5-11-22(12-6-17)27-24(28)21(15-26)13-19-3-2-4-23(14-19)31-16-18-7-9-20(10-8-18)25(29)30/h2-14H,16H2,1H3,(H,27,28)(H,29,30)/b21-13-. The van der Waals surface area contributed by atoms with E-state index in [2.05, 4.69) is 5.32 Å². The smallest absolute Gasteiger partial charge is 0.335 e. The predicted molar refractivity (Wildman–Crippen MR) is 118 cm³/mol. The van der Waals surface area contributed by atoms with Gasteiger partial charge in [0.2, 0.25) is 0 Å². The first-order valence-corrected chi connectivity index (χ1v) is 9.49. The number of anilines is 1. The topological polar surface area (TPSA) is 99.4 Å². The SMILES string of the molecule is Cc1ccc(NC(=O)/C(C#N)=C\c2cccc(OCc3ccc(C(=O)O)cc3)c2)cc1. The second-order valence-electron chi connectivity index (χ2n) is 6.85. The minimum atomic E-state index is -0.980. The first-order chi connectivity index (χ1) is 14.9. The zero-order valence-electron chi connectivity index (χ0n) is 16.8. The van der Waals surface area contributed by atoms with Gasteiger partial charge in [-0.25, -0.2) is 4.79 Å². The number of ether oxygens (including phenoxy) is 1. The second-order valence-corrected chi connectivity index (χ2v) is 6.85. The van der Waals surface area contributed by atoms with Crippen LogP contribution in [0.2, 0.25) is 0 Å². The molecule has 31 heavy (non-hydrogen) atoms. The Hall–Kier alpha value is -4.37. The van der Waals surface area contributed by atoms with E-state index < -0.39 is 11.9 Å². The van der Waals surface area contributed by atoms with Gasteiger partial charge in [0.1, 0.15) is 24.0 Å². The number of carbonyl (C=O) groups excluding carboxylic acids is 1. The van der Waals surface area contributed by atoms with Crippen LogP contribution in [0.1, 0.15) is 27.0 Å². The predicted octanol–water partition coefficient (Wildman–Crippen LogP) is 4.82.